The predicted molar refractivity (Wildman–Crippen MR) is 80.9 cm³/mol. The monoisotopic (exact) mass is 289 g/mol. The molecule has 5 heteroatoms. The zero-order valence-electron chi connectivity index (χ0n) is 11.7. The van der Waals surface area contributed by atoms with Gasteiger partial charge in [0.1, 0.15) is 11.4 Å². The van der Waals surface area contributed by atoms with Gasteiger partial charge in [-0.3, -0.25) is 9.48 Å². The van der Waals surface area contributed by atoms with Crippen molar-refractivity contribution in [3.8, 4) is 10.6 Å². The van der Waals surface area contributed by atoms with E-state index in [9.17, 15) is 4.79 Å². The highest BCUT2D eigenvalue weighted by Crippen LogP contribution is 2.24. The third-order valence-electron chi connectivity index (χ3n) is 3.77. The number of likely N-dealkylation sites (tertiary alicyclic amines) is 1. The van der Waals surface area contributed by atoms with Gasteiger partial charge in [-0.15, -0.1) is 11.3 Å². The normalized spacial score (nSPS) is 16.1. The summed E-state index contributed by atoms with van der Waals surface area (Å²) < 4.78 is 1.71. The highest BCUT2D eigenvalue weighted by Gasteiger charge is 2.21. The number of aromatic nitrogens is 2. The smallest absolute Gasteiger partial charge is 0.272 e. The van der Waals surface area contributed by atoms with Gasteiger partial charge in [0, 0.05) is 20.1 Å². The molecule has 2 aromatic rings. The third-order valence-corrected chi connectivity index (χ3v) is 4.66. The fourth-order valence-corrected chi connectivity index (χ4v) is 3.33. The van der Waals surface area contributed by atoms with E-state index in [0.29, 0.717) is 5.69 Å². The molecule has 3 heterocycles. The van der Waals surface area contributed by atoms with Crippen LogP contribution in [0.5, 0.6) is 0 Å². The Morgan fingerprint density at radius 1 is 1.25 bits per heavy atom. The number of hydrogen-bond acceptors (Lipinski definition) is 3. The van der Waals surface area contributed by atoms with Crippen molar-refractivity contribution in [2.45, 2.75) is 25.7 Å². The quantitative estimate of drug-likeness (QED) is 0.851. The molecule has 0 unspecified atom stereocenters. The summed E-state index contributed by atoms with van der Waals surface area (Å²) in [5.74, 6) is 0.115. The Bertz CT molecular complexity index is 580. The number of amides is 1. The van der Waals surface area contributed by atoms with Crippen LogP contribution in [-0.4, -0.2) is 33.7 Å². The molecule has 0 bridgehead atoms. The van der Waals surface area contributed by atoms with Crippen LogP contribution in [0.25, 0.3) is 10.6 Å². The fraction of sp³-hybridized carbons (Fsp3) is 0.467. The van der Waals surface area contributed by atoms with E-state index in [0.717, 1.165) is 36.5 Å². The van der Waals surface area contributed by atoms with Gasteiger partial charge in [0.05, 0.1) is 4.88 Å². The van der Waals surface area contributed by atoms with Crippen molar-refractivity contribution in [3.05, 3.63) is 29.3 Å². The average molecular weight is 289 g/mol. The summed E-state index contributed by atoms with van der Waals surface area (Å²) in [6.07, 6.45) is 4.69. The summed E-state index contributed by atoms with van der Waals surface area (Å²) in [5.41, 5.74) is 1.58. The first-order valence-electron chi connectivity index (χ1n) is 7.13. The van der Waals surface area contributed by atoms with Crippen molar-refractivity contribution < 1.29 is 4.79 Å². The minimum atomic E-state index is 0.115. The molecule has 1 fully saturated rings. The fourth-order valence-electron chi connectivity index (χ4n) is 2.65. The van der Waals surface area contributed by atoms with Gasteiger partial charge in [-0.2, -0.15) is 5.10 Å². The van der Waals surface area contributed by atoms with Gasteiger partial charge in [0.2, 0.25) is 0 Å². The van der Waals surface area contributed by atoms with Gasteiger partial charge in [0.15, 0.2) is 0 Å². The highest BCUT2D eigenvalue weighted by molar-refractivity contribution is 7.13. The average Bonchev–Trinajstić information content (AvgIpc) is 3.01. The summed E-state index contributed by atoms with van der Waals surface area (Å²) in [4.78, 5) is 15.7. The van der Waals surface area contributed by atoms with Crippen LogP contribution < -0.4 is 0 Å². The minimum absolute atomic E-state index is 0.115. The van der Waals surface area contributed by atoms with E-state index in [4.69, 9.17) is 0 Å². The Hall–Kier alpha value is -1.62. The first-order valence-corrected chi connectivity index (χ1v) is 8.01. The Kier molecular flexibility index (Phi) is 3.87. The van der Waals surface area contributed by atoms with Crippen LogP contribution >= 0.6 is 11.3 Å². The molecule has 0 aliphatic carbocycles. The standard InChI is InChI=1S/C15H19N3OS/c1-17-13(11-12(16-17)14-7-6-10-20-14)15(19)18-8-4-2-3-5-9-18/h6-7,10-11H,2-5,8-9H2,1H3. The number of aryl methyl sites for hydroxylation is 1. The Balaban J connectivity index is 1.84. The van der Waals surface area contributed by atoms with E-state index in [1.807, 2.05) is 35.5 Å². The molecule has 1 amide bonds. The molecular weight excluding hydrogens is 270 g/mol. The summed E-state index contributed by atoms with van der Waals surface area (Å²) in [6, 6.07) is 5.96. The molecule has 0 N–H and O–H groups in total. The zero-order chi connectivity index (χ0) is 13.9. The molecule has 0 atom stereocenters. The number of rotatable bonds is 2. The van der Waals surface area contributed by atoms with Crippen molar-refractivity contribution in [2.24, 2.45) is 7.05 Å². The summed E-state index contributed by atoms with van der Waals surface area (Å²) in [6.45, 7) is 1.75. The third kappa shape index (κ3) is 2.63. The number of thiophene rings is 1. The first-order chi connectivity index (χ1) is 9.75. The van der Waals surface area contributed by atoms with Gasteiger partial charge in [-0.05, 0) is 30.4 Å². The van der Waals surface area contributed by atoms with Crippen molar-refractivity contribution in [1.29, 1.82) is 0 Å². The van der Waals surface area contributed by atoms with E-state index in [1.54, 1.807) is 16.0 Å². The molecule has 3 rings (SSSR count). The van der Waals surface area contributed by atoms with Crippen molar-refractivity contribution in [3.63, 3.8) is 0 Å². The lowest BCUT2D eigenvalue weighted by Crippen LogP contribution is -2.33. The van der Waals surface area contributed by atoms with Crippen LogP contribution in [0.15, 0.2) is 23.6 Å². The largest absolute Gasteiger partial charge is 0.337 e. The number of nitrogens with zero attached hydrogens (tertiary/aromatic N) is 3. The SMILES string of the molecule is Cn1nc(-c2cccs2)cc1C(=O)N1CCCCCC1. The van der Waals surface area contributed by atoms with Crippen LogP contribution in [0.3, 0.4) is 0 Å². The van der Waals surface area contributed by atoms with Crippen molar-refractivity contribution >= 4 is 17.2 Å². The number of hydrogen-bond donors (Lipinski definition) is 0. The minimum Gasteiger partial charge on any atom is -0.337 e. The molecule has 1 aliphatic rings. The molecule has 106 valence electrons. The van der Waals surface area contributed by atoms with Crippen LogP contribution in [-0.2, 0) is 7.05 Å². The van der Waals surface area contributed by atoms with E-state index >= 15 is 0 Å². The second kappa shape index (κ2) is 5.79. The summed E-state index contributed by atoms with van der Waals surface area (Å²) >= 11 is 1.65. The van der Waals surface area contributed by atoms with Gasteiger partial charge >= 0.3 is 0 Å². The summed E-state index contributed by atoms with van der Waals surface area (Å²) in [7, 11) is 1.85. The number of carbonyl (C=O) groups excluding carboxylic acids is 1. The zero-order valence-corrected chi connectivity index (χ0v) is 12.5. The molecule has 0 aromatic carbocycles. The molecule has 0 saturated carbocycles. The molecule has 20 heavy (non-hydrogen) atoms. The maximum atomic E-state index is 12.6. The summed E-state index contributed by atoms with van der Waals surface area (Å²) in [5, 5.41) is 6.50. The van der Waals surface area contributed by atoms with Gasteiger partial charge in [0.25, 0.3) is 5.91 Å². The van der Waals surface area contributed by atoms with Gasteiger partial charge in [-0.25, -0.2) is 0 Å². The molecule has 1 aliphatic heterocycles. The van der Waals surface area contributed by atoms with Crippen LogP contribution in [0, 0.1) is 0 Å². The molecule has 0 spiro atoms. The maximum absolute atomic E-state index is 12.6. The maximum Gasteiger partial charge on any atom is 0.272 e. The van der Waals surface area contributed by atoms with E-state index in [-0.39, 0.29) is 5.91 Å². The Morgan fingerprint density at radius 2 is 2.00 bits per heavy atom. The van der Waals surface area contributed by atoms with Crippen LogP contribution in [0.4, 0.5) is 0 Å². The van der Waals surface area contributed by atoms with Crippen molar-refractivity contribution in [2.75, 3.05) is 13.1 Å². The molecule has 1 saturated heterocycles. The van der Waals surface area contributed by atoms with E-state index < -0.39 is 0 Å². The first kappa shape index (κ1) is 13.4. The Labute approximate surface area is 123 Å². The second-order valence-corrected chi connectivity index (χ2v) is 6.17. The lowest BCUT2D eigenvalue weighted by Gasteiger charge is -2.19. The van der Waals surface area contributed by atoms with Gasteiger partial charge < -0.3 is 4.90 Å². The lowest BCUT2D eigenvalue weighted by atomic mass is 10.2. The number of carbonyl (C=O) groups is 1. The molecule has 0 radical (unpaired) electrons. The molecule has 2 aromatic heterocycles. The Morgan fingerprint density at radius 3 is 2.65 bits per heavy atom. The van der Waals surface area contributed by atoms with Crippen molar-refractivity contribution in [1.82, 2.24) is 14.7 Å². The van der Waals surface area contributed by atoms with Crippen LogP contribution in [0.2, 0.25) is 0 Å². The lowest BCUT2D eigenvalue weighted by molar-refractivity contribution is 0.0750. The van der Waals surface area contributed by atoms with E-state index in [2.05, 4.69) is 5.10 Å². The van der Waals surface area contributed by atoms with Crippen LogP contribution in [0.1, 0.15) is 36.2 Å². The molecular formula is C15H19N3OS. The molecule has 4 nitrogen and oxygen atoms in total. The highest BCUT2D eigenvalue weighted by atomic mass is 32.1. The second-order valence-electron chi connectivity index (χ2n) is 5.22. The van der Waals surface area contributed by atoms with Gasteiger partial charge in [-0.1, -0.05) is 18.9 Å². The van der Waals surface area contributed by atoms with E-state index in [1.165, 1.54) is 12.8 Å². The predicted octanol–water partition coefficient (Wildman–Crippen LogP) is 3.16. The topological polar surface area (TPSA) is 38.1 Å².